The van der Waals surface area contributed by atoms with E-state index >= 15 is 0 Å². The predicted molar refractivity (Wildman–Crippen MR) is 62.2 cm³/mol. The topological polar surface area (TPSA) is 93.4 Å². The first-order valence-electron chi connectivity index (χ1n) is 5.53. The summed E-state index contributed by atoms with van der Waals surface area (Å²) in [6, 6.07) is 1.67. The number of urea groups is 1. The lowest BCUT2D eigenvalue weighted by Crippen LogP contribution is -2.42. The first-order chi connectivity index (χ1) is 7.92. The molecule has 0 heterocycles. The van der Waals surface area contributed by atoms with Crippen molar-refractivity contribution in [1.29, 1.82) is 5.26 Å². The van der Waals surface area contributed by atoms with Crippen LogP contribution in [-0.4, -0.2) is 42.1 Å². The molecule has 0 aliphatic carbocycles. The van der Waals surface area contributed by atoms with Crippen LogP contribution in [-0.2, 0) is 4.79 Å². The summed E-state index contributed by atoms with van der Waals surface area (Å²) in [5.74, 6) is -1.73. The molecule has 0 aromatic heterocycles. The van der Waals surface area contributed by atoms with Gasteiger partial charge in [0.2, 0.25) is 0 Å². The van der Waals surface area contributed by atoms with Crippen molar-refractivity contribution in [2.75, 3.05) is 20.1 Å². The average molecular weight is 241 g/mol. The first kappa shape index (κ1) is 15.2. The smallest absolute Gasteiger partial charge is 0.317 e. The van der Waals surface area contributed by atoms with Crippen molar-refractivity contribution in [3.05, 3.63) is 0 Å². The maximum absolute atomic E-state index is 11.5. The Morgan fingerprint density at radius 2 is 2.12 bits per heavy atom. The number of rotatable bonds is 6. The highest BCUT2D eigenvalue weighted by atomic mass is 16.4. The van der Waals surface area contributed by atoms with E-state index in [0.717, 1.165) is 0 Å². The average Bonchev–Trinajstić information content (AvgIpc) is 2.28. The number of nitriles is 1. The summed E-state index contributed by atoms with van der Waals surface area (Å²) in [4.78, 5) is 23.7. The molecule has 0 aromatic rings. The standard InChI is InChI=1S/C11H19N3O3/c1-4-9(10(15)16)6-13-11(17)14(3)7-8(2)5-12/h8-9H,4,6-7H2,1-3H3,(H,13,17)(H,15,16). The summed E-state index contributed by atoms with van der Waals surface area (Å²) in [7, 11) is 1.57. The SMILES string of the molecule is CCC(CNC(=O)N(C)CC(C)C#N)C(=O)O. The van der Waals surface area contributed by atoms with Crippen LogP contribution in [0.25, 0.3) is 0 Å². The van der Waals surface area contributed by atoms with Gasteiger partial charge < -0.3 is 15.3 Å². The molecule has 17 heavy (non-hydrogen) atoms. The molecular weight excluding hydrogens is 222 g/mol. The Hall–Kier alpha value is -1.77. The molecule has 0 rings (SSSR count). The van der Waals surface area contributed by atoms with E-state index in [-0.39, 0.29) is 18.5 Å². The molecule has 0 aliphatic rings. The third-order valence-corrected chi connectivity index (χ3v) is 2.46. The summed E-state index contributed by atoms with van der Waals surface area (Å²) in [6.45, 7) is 3.91. The Kier molecular flexibility index (Phi) is 6.71. The van der Waals surface area contributed by atoms with Crippen LogP contribution in [0.2, 0.25) is 0 Å². The van der Waals surface area contributed by atoms with Gasteiger partial charge in [0, 0.05) is 20.1 Å². The van der Waals surface area contributed by atoms with Crippen LogP contribution >= 0.6 is 0 Å². The Morgan fingerprint density at radius 3 is 2.53 bits per heavy atom. The predicted octanol–water partition coefficient (Wildman–Crippen LogP) is 0.898. The summed E-state index contributed by atoms with van der Waals surface area (Å²) >= 11 is 0. The third-order valence-electron chi connectivity index (χ3n) is 2.46. The lowest BCUT2D eigenvalue weighted by Gasteiger charge is -2.20. The van der Waals surface area contributed by atoms with Crippen LogP contribution in [0.3, 0.4) is 0 Å². The molecule has 6 nitrogen and oxygen atoms in total. The van der Waals surface area contributed by atoms with Crippen molar-refractivity contribution >= 4 is 12.0 Å². The van der Waals surface area contributed by atoms with Gasteiger partial charge in [-0.3, -0.25) is 4.79 Å². The lowest BCUT2D eigenvalue weighted by atomic mass is 10.1. The maximum Gasteiger partial charge on any atom is 0.317 e. The minimum Gasteiger partial charge on any atom is -0.481 e. The van der Waals surface area contributed by atoms with Crippen LogP contribution in [0.4, 0.5) is 4.79 Å². The number of carboxylic acids is 1. The molecule has 0 aliphatic heterocycles. The number of nitrogens with zero attached hydrogens (tertiary/aromatic N) is 2. The van der Waals surface area contributed by atoms with Gasteiger partial charge in [-0.2, -0.15) is 5.26 Å². The highest BCUT2D eigenvalue weighted by molar-refractivity contribution is 5.75. The van der Waals surface area contributed by atoms with Gasteiger partial charge in [-0.1, -0.05) is 6.92 Å². The van der Waals surface area contributed by atoms with Gasteiger partial charge in [0.25, 0.3) is 0 Å². The van der Waals surface area contributed by atoms with Crippen LogP contribution < -0.4 is 5.32 Å². The van der Waals surface area contributed by atoms with E-state index in [1.807, 2.05) is 6.07 Å². The number of hydrogen-bond acceptors (Lipinski definition) is 3. The first-order valence-corrected chi connectivity index (χ1v) is 5.53. The van der Waals surface area contributed by atoms with Gasteiger partial charge in [-0.05, 0) is 13.3 Å². The minimum atomic E-state index is -0.916. The zero-order valence-electron chi connectivity index (χ0n) is 10.4. The molecule has 6 heteroatoms. The second kappa shape index (κ2) is 7.49. The number of aliphatic carboxylic acids is 1. The molecule has 0 fully saturated rings. The van der Waals surface area contributed by atoms with Crippen molar-refractivity contribution in [3.8, 4) is 6.07 Å². The molecule has 0 aromatic carbocycles. The van der Waals surface area contributed by atoms with Crippen molar-refractivity contribution in [3.63, 3.8) is 0 Å². The summed E-state index contributed by atoms with van der Waals surface area (Å²) in [5, 5.41) is 19.9. The molecule has 2 atom stereocenters. The van der Waals surface area contributed by atoms with Gasteiger partial charge in [0.05, 0.1) is 17.9 Å². The Morgan fingerprint density at radius 1 is 1.53 bits per heavy atom. The number of carboxylic acid groups (broad SMARTS) is 1. The second-order valence-electron chi connectivity index (χ2n) is 4.04. The quantitative estimate of drug-likeness (QED) is 0.722. The van der Waals surface area contributed by atoms with E-state index < -0.39 is 11.9 Å². The zero-order chi connectivity index (χ0) is 13.4. The minimum absolute atomic E-state index is 0.107. The van der Waals surface area contributed by atoms with E-state index in [1.54, 1.807) is 20.9 Å². The van der Waals surface area contributed by atoms with Gasteiger partial charge in [-0.15, -0.1) is 0 Å². The molecule has 2 unspecified atom stereocenters. The molecule has 0 saturated carbocycles. The van der Waals surface area contributed by atoms with E-state index in [2.05, 4.69) is 5.32 Å². The maximum atomic E-state index is 11.5. The molecule has 2 N–H and O–H groups in total. The Balaban J connectivity index is 4.09. The second-order valence-corrected chi connectivity index (χ2v) is 4.04. The number of carbonyl (C=O) groups excluding carboxylic acids is 1. The fourth-order valence-corrected chi connectivity index (χ4v) is 1.29. The van der Waals surface area contributed by atoms with Crippen LogP contribution in [0.15, 0.2) is 0 Å². The summed E-state index contributed by atoms with van der Waals surface area (Å²) in [6.07, 6.45) is 0.466. The molecule has 0 radical (unpaired) electrons. The number of carbonyl (C=O) groups is 2. The van der Waals surface area contributed by atoms with Crippen molar-refractivity contribution in [1.82, 2.24) is 10.2 Å². The fourth-order valence-electron chi connectivity index (χ4n) is 1.29. The molecule has 0 saturated heterocycles. The van der Waals surface area contributed by atoms with Gasteiger partial charge in [0.1, 0.15) is 0 Å². The van der Waals surface area contributed by atoms with Crippen LogP contribution in [0.1, 0.15) is 20.3 Å². The molecule has 0 spiro atoms. The largest absolute Gasteiger partial charge is 0.481 e. The van der Waals surface area contributed by atoms with Gasteiger partial charge in [-0.25, -0.2) is 4.79 Å². The molecule has 2 amide bonds. The fraction of sp³-hybridized carbons (Fsp3) is 0.727. The van der Waals surface area contributed by atoms with E-state index in [0.29, 0.717) is 13.0 Å². The summed E-state index contributed by atoms with van der Waals surface area (Å²) < 4.78 is 0. The Labute approximate surface area is 101 Å². The normalized spacial score (nSPS) is 13.3. The highest BCUT2D eigenvalue weighted by Gasteiger charge is 2.17. The van der Waals surface area contributed by atoms with E-state index in [4.69, 9.17) is 10.4 Å². The molecular formula is C11H19N3O3. The van der Waals surface area contributed by atoms with E-state index in [1.165, 1.54) is 4.90 Å². The highest BCUT2D eigenvalue weighted by Crippen LogP contribution is 2.01. The van der Waals surface area contributed by atoms with E-state index in [9.17, 15) is 9.59 Å². The van der Waals surface area contributed by atoms with Crippen molar-refractivity contribution in [2.24, 2.45) is 11.8 Å². The monoisotopic (exact) mass is 241 g/mol. The number of amides is 2. The van der Waals surface area contributed by atoms with Gasteiger partial charge >= 0.3 is 12.0 Å². The number of nitrogens with one attached hydrogen (secondary N) is 1. The van der Waals surface area contributed by atoms with Crippen molar-refractivity contribution < 1.29 is 14.7 Å². The van der Waals surface area contributed by atoms with Crippen LogP contribution in [0, 0.1) is 23.2 Å². The zero-order valence-corrected chi connectivity index (χ0v) is 10.4. The molecule has 96 valence electrons. The van der Waals surface area contributed by atoms with Crippen LogP contribution in [0.5, 0.6) is 0 Å². The summed E-state index contributed by atoms with van der Waals surface area (Å²) in [5.41, 5.74) is 0. The third kappa shape index (κ3) is 5.76. The van der Waals surface area contributed by atoms with Gasteiger partial charge in [0.15, 0.2) is 0 Å². The lowest BCUT2D eigenvalue weighted by molar-refractivity contribution is -0.141. The molecule has 0 bridgehead atoms. The number of hydrogen-bond donors (Lipinski definition) is 2. The Bertz CT molecular complexity index is 312. The van der Waals surface area contributed by atoms with Crippen molar-refractivity contribution in [2.45, 2.75) is 20.3 Å².